The van der Waals surface area contributed by atoms with Gasteiger partial charge in [-0.25, -0.2) is 0 Å². The molecule has 0 aromatic carbocycles. The number of rotatable bonds is 6. The molecule has 1 rings (SSSR count). The van der Waals surface area contributed by atoms with E-state index in [1.807, 2.05) is 0 Å². The van der Waals surface area contributed by atoms with Gasteiger partial charge in [-0.3, -0.25) is 0 Å². The van der Waals surface area contributed by atoms with Crippen molar-refractivity contribution in [1.82, 2.24) is 5.32 Å². The Morgan fingerprint density at radius 2 is 2.13 bits per heavy atom. The molecule has 0 amide bonds. The molecule has 1 aliphatic heterocycles. The molecule has 0 radical (unpaired) electrons. The Balaban J connectivity index is 2.24. The van der Waals surface area contributed by atoms with Crippen LogP contribution in [0, 0.1) is 22.2 Å². The van der Waals surface area contributed by atoms with Gasteiger partial charge in [-0.2, -0.15) is 5.26 Å². The number of hydrogen-bond acceptors (Lipinski definition) is 3. The third-order valence-electron chi connectivity index (χ3n) is 2.99. The second-order valence-corrected chi connectivity index (χ2v) is 5.40. The second kappa shape index (κ2) is 4.96. The largest absolute Gasteiger partial charge is 0.378 e. The number of hydrogen-bond donors (Lipinski definition) is 1. The molecule has 0 aromatic rings. The maximum atomic E-state index is 9.00. The smallest absolute Gasteiger partial charge is 0.116 e. The first-order valence-corrected chi connectivity index (χ1v) is 5.73. The van der Waals surface area contributed by atoms with Crippen LogP contribution in [0.15, 0.2) is 0 Å². The van der Waals surface area contributed by atoms with E-state index in [0.29, 0.717) is 18.6 Å². The Kier molecular flexibility index (Phi) is 4.12. The minimum absolute atomic E-state index is 0.248. The Bertz CT molecular complexity index is 238. The number of ether oxygens (including phenoxy) is 1. The van der Waals surface area contributed by atoms with Crippen LogP contribution in [-0.2, 0) is 4.74 Å². The van der Waals surface area contributed by atoms with Gasteiger partial charge in [0, 0.05) is 13.1 Å². The SMILES string of the molecule is CCCC(C)(C)CNCC1(C#N)COC1. The summed E-state index contributed by atoms with van der Waals surface area (Å²) >= 11 is 0. The molecule has 0 bridgehead atoms. The zero-order valence-electron chi connectivity index (χ0n) is 10.1. The predicted molar refractivity (Wildman–Crippen MR) is 60.4 cm³/mol. The van der Waals surface area contributed by atoms with Crippen molar-refractivity contribution in [2.45, 2.75) is 33.6 Å². The van der Waals surface area contributed by atoms with Crippen LogP contribution in [0.1, 0.15) is 33.6 Å². The van der Waals surface area contributed by atoms with Crippen LogP contribution in [-0.4, -0.2) is 26.3 Å². The van der Waals surface area contributed by atoms with Crippen LogP contribution in [0.5, 0.6) is 0 Å². The second-order valence-electron chi connectivity index (χ2n) is 5.40. The van der Waals surface area contributed by atoms with Crippen molar-refractivity contribution in [3.05, 3.63) is 0 Å². The molecule has 1 aliphatic rings. The minimum Gasteiger partial charge on any atom is -0.378 e. The minimum atomic E-state index is -0.248. The Morgan fingerprint density at radius 3 is 2.53 bits per heavy atom. The molecule has 86 valence electrons. The van der Waals surface area contributed by atoms with Crippen LogP contribution in [0.3, 0.4) is 0 Å². The van der Waals surface area contributed by atoms with Crippen molar-refractivity contribution < 1.29 is 4.74 Å². The van der Waals surface area contributed by atoms with E-state index < -0.39 is 0 Å². The van der Waals surface area contributed by atoms with Crippen molar-refractivity contribution in [2.75, 3.05) is 26.3 Å². The maximum absolute atomic E-state index is 9.00. The van der Waals surface area contributed by atoms with E-state index in [1.54, 1.807) is 0 Å². The summed E-state index contributed by atoms with van der Waals surface area (Å²) in [4.78, 5) is 0. The molecule has 0 unspecified atom stereocenters. The highest BCUT2D eigenvalue weighted by Crippen LogP contribution is 2.26. The van der Waals surface area contributed by atoms with Gasteiger partial charge in [-0.05, 0) is 11.8 Å². The molecule has 1 fully saturated rings. The lowest BCUT2D eigenvalue weighted by molar-refractivity contribution is -0.0760. The summed E-state index contributed by atoms with van der Waals surface area (Å²) in [7, 11) is 0. The summed E-state index contributed by atoms with van der Waals surface area (Å²) in [6.45, 7) is 9.65. The molecule has 3 heteroatoms. The fourth-order valence-electron chi connectivity index (χ4n) is 1.96. The lowest BCUT2D eigenvalue weighted by atomic mass is 9.85. The first kappa shape index (κ1) is 12.5. The molecular formula is C12H22N2O. The first-order chi connectivity index (χ1) is 7.04. The molecule has 3 nitrogen and oxygen atoms in total. The van der Waals surface area contributed by atoms with Gasteiger partial charge < -0.3 is 10.1 Å². The zero-order chi connectivity index (χ0) is 11.4. The van der Waals surface area contributed by atoms with E-state index in [9.17, 15) is 0 Å². The van der Waals surface area contributed by atoms with Crippen LogP contribution < -0.4 is 5.32 Å². The van der Waals surface area contributed by atoms with Crippen molar-refractivity contribution in [3.8, 4) is 6.07 Å². The van der Waals surface area contributed by atoms with Gasteiger partial charge in [-0.1, -0.05) is 27.2 Å². The van der Waals surface area contributed by atoms with E-state index in [1.165, 1.54) is 12.8 Å². The molecule has 0 spiro atoms. The Morgan fingerprint density at radius 1 is 1.47 bits per heavy atom. The van der Waals surface area contributed by atoms with Crippen LogP contribution in [0.2, 0.25) is 0 Å². The van der Waals surface area contributed by atoms with Crippen molar-refractivity contribution in [2.24, 2.45) is 10.8 Å². The van der Waals surface area contributed by atoms with Gasteiger partial charge >= 0.3 is 0 Å². The summed E-state index contributed by atoms with van der Waals surface area (Å²) in [5.41, 5.74) is 0.0816. The summed E-state index contributed by atoms with van der Waals surface area (Å²) in [5, 5.41) is 12.4. The third-order valence-corrected chi connectivity index (χ3v) is 2.99. The van der Waals surface area contributed by atoms with E-state index in [0.717, 1.165) is 13.1 Å². The lowest BCUT2D eigenvalue weighted by Gasteiger charge is -2.36. The quantitative estimate of drug-likeness (QED) is 0.728. The highest BCUT2D eigenvalue weighted by atomic mass is 16.5. The molecule has 0 atom stereocenters. The standard InChI is InChI=1S/C12H22N2O/c1-4-5-11(2,3)7-14-8-12(6-13)9-15-10-12/h14H,4-5,7-10H2,1-3H3. The normalized spacial score (nSPS) is 19.3. The maximum Gasteiger partial charge on any atom is 0.116 e. The molecular weight excluding hydrogens is 188 g/mol. The topological polar surface area (TPSA) is 45.0 Å². The van der Waals surface area contributed by atoms with Crippen LogP contribution >= 0.6 is 0 Å². The summed E-state index contributed by atoms with van der Waals surface area (Å²) in [6.07, 6.45) is 2.43. The van der Waals surface area contributed by atoms with Gasteiger partial charge in [0.15, 0.2) is 0 Å². The molecule has 1 saturated heterocycles. The average molecular weight is 210 g/mol. The molecule has 15 heavy (non-hydrogen) atoms. The fourth-order valence-corrected chi connectivity index (χ4v) is 1.96. The molecule has 1 heterocycles. The van der Waals surface area contributed by atoms with Gasteiger partial charge in [0.1, 0.15) is 5.41 Å². The summed E-state index contributed by atoms with van der Waals surface area (Å²) in [6, 6.07) is 2.35. The zero-order valence-corrected chi connectivity index (χ0v) is 10.1. The number of nitrogens with one attached hydrogen (secondary N) is 1. The van der Waals surface area contributed by atoms with E-state index in [2.05, 4.69) is 32.2 Å². The highest BCUT2D eigenvalue weighted by molar-refractivity contribution is 5.05. The van der Waals surface area contributed by atoms with E-state index in [4.69, 9.17) is 10.00 Å². The Hall–Kier alpha value is -0.590. The third kappa shape index (κ3) is 3.48. The van der Waals surface area contributed by atoms with Crippen LogP contribution in [0.25, 0.3) is 0 Å². The highest BCUT2D eigenvalue weighted by Gasteiger charge is 2.38. The summed E-state index contributed by atoms with van der Waals surface area (Å²) in [5.74, 6) is 0. The average Bonchev–Trinajstić information content (AvgIpc) is 2.09. The van der Waals surface area contributed by atoms with Gasteiger partial charge in [0.2, 0.25) is 0 Å². The number of nitrogens with zero attached hydrogens (tertiary/aromatic N) is 1. The fraction of sp³-hybridized carbons (Fsp3) is 0.917. The van der Waals surface area contributed by atoms with Gasteiger partial charge in [0.05, 0.1) is 19.3 Å². The lowest BCUT2D eigenvalue weighted by Crippen LogP contribution is -2.49. The Labute approximate surface area is 92.8 Å². The molecule has 1 N–H and O–H groups in total. The van der Waals surface area contributed by atoms with Crippen molar-refractivity contribution in [1.29, 1.82) is 5.26 Å². The monoisotopic (exact) mass is 210 g/mol. The van der Waals surface area contributed by atoms with Gasteiger partial charge in [0.25, 0.3) is 0 Å². The molecule has 0 aromatic heterocycles. The predicted octanol–water partition coefficient (Wildman–Crippen LogP) is 1.94. The molecule has 0 aliphatic carbocycles. The van der Waals surface area contributed by atoms with Crippen molar-refractivity contribution in [3.63, 3.8) is 0 Å². The van der Waals surface area contributed by atoms with Crippen molar-refractivity contribution >= 4 is 0 Å². The first-order valence-electron chi connectivity index (χ1n) is 5.73. The van der Waals surface area contributed by atoms with Crippen LogP contribution in [0.4, 0.5) is 0 Å². The van der Waals surface area contributed by atoms with E-state index in [-0.39, 0.29) is 5.41 Å². The summed E-state index contributed by atoms with van der Waals surface area (Å²) < 4.78 is 5.10. The number of nitriles is 1. The van der Waals surface area contributed by atoms with E-state index >= 15 is 0 Å². The molecule has 0 saturated carbocycles. The van der Waals surface area contributed by atoms with Gasteiger partial charge in [-0.15, -0.1) is 0 Å².